The summed E-state index contributed by atoms with van der Waals surface area (Å²) in [5, 5.41) is 12.9. The highest BCUT2D eigenvalue weighted by Gasteiger charge is 2.23. The van der Waals surface area contributed by atoms with E-state index < -0.39 is 11.9 Å². The molecule has 1 atom stereocenters. The molecular formula is C25H22ClNO4S. The zero-order valence-electron chi connectivity index (χ0n) is 17.4. The van der Waals surface area contributed by atoms with Gasteiger partial charge in [-0.25, -0.2) is 0 Å². The normalized spacial score (nSPS) is 11.6. The standard InChI is InChI=1S/C25H22ClNO4S/c1-27-24(29)21-4-2-3-5-23(21)32-15-19(25(30)31)14-22(28)18-8-6-16(7-9-18)17-10-12-20(26)13-11-17/h2-13,19H,14-15H2,1H3,(H,27,29)(H,30,31). The average molecular weight is 468 g/mol. The smallest absolute Gasteiger partial charge is 0.307 e. The summed E-state index contributed by atoms with van der Waals surface area (Å²) >= 11 is 7.18. The average Bonchev–Trinajstić information content (AvgIpc) is 2.81. The highest BCUT2D eigenvalue weighted by molar-refractivity contribution is 7.99. The highest BCUT2D eigenvalue weighted by atomic mass is 35.5. The first-order chi connectivity index (χ1) is 15.4. The van der Waals surface area contributed by atoms with Crippen molar-refractivity contribution in [1.29, 1.82) is 0 Å². The molecule has 1 amide bonds. The molecule has 0 radical (unpaired) electrons. The van der Waals surface area contributed by atoms with E-state index in [0.29, 0.717) is 21.0 Å². The van der Waals surface area contributed by atoms with Crippen LogP contribution < -0.4 is 5.32 Å². The van der Waals surface area contributed by atoms with Crippen molar-refractivity contribution in [2.45, 2.75) is 11.3 Å². The Morgan fingerprint density at radius 1 is 0.938 bits per heavy atom. The molecule has 32 heavy (non-hydrogen) atoms. The Kier molecular flexibility index (Phi) is 8.09. The Morgan fingerprint density at radius 2 is 1.53 bits per heavy atom. The van der Waals surface area contributed by atoms with Gasteiger partial charge in [-0.2, -0.15) is 0 Å². The quantitative estimate of drug-likeness (QED) is 0.323. The first-order valence-corrected chi connectivity index (χ1v) is 11.3. The fourth-order valence-electron chi connectivity index (χ4n) is 3.16. The van der Waals surface area contributed by atoms with Crippen molar-refractivity contribution < 1.29 is 19.5 Å². The van der Waals surface area contributed by atoms with Crippen molar-refractivity contribution in [3.05, 3.63) is 88.9 Å². The number of carboxylic acid groups (broad SMARTS) is 1. The molecule has 3 rings (SSSR count). The number of carbonyl (C=O) groups is 3. The Hall–Kier alpha value is -3.09. The third kappa shape index (κ3) is 5.99. The number of rotatable bonds is 9. The predicted octanol–water partition coefficient (Wildman–Crippen LogP) is 5.43. The van der Waals surface area contributed by atoms with Gasteiger partial charge in [-0.05, 0) is 35.4 Å². The van der Waals surface area contributed by atoms with Gasteiger partial charge in [-0.15, -0.1) is 11.8 Å². The zero-order valence-corrected chi connectivity index (χ0v) is 19.0. The van der Waals surface area contributed by atoms with Crippen LogP contribution in [0.25, 0.3) is 11.1 Å². The van der Waals surface area contributed by atoms with Crippen LogP contribution in [-0.2, 0) is 4.79 Å². The number of carboxylic acids is 1. The number of nitrogens with one attached hydrogen (secondary N) is 1. The van der Waals surface area contributed by atoms with Crippen molar-refractivity contribution in [2.75, 3.05) is 12.8 Å². The topological polar surface area (TPSA) is 83.5 Å². The van der Waals surface area contributed by atoms with Gasteiger partial charge in [0.2, 0.25) is 0 Å². The van der Waals surface area contributed by atoms with Crippen LogP contribution in [0.5, 0.6) is 0 Å². The van der Waals surface area contributed by atoms with Crippen LogP contribution >= 0.6 is 23.4 Å². The summed E-state index contributed by atoms with van der Waals surface area (Å²) in [6.07, 6.45) is -0.120. The van der Waals surface area contributed by atoms with Crippen LogP contribution in [0, 0.1) is 5.92 Å². The maximum Gasteiger partial charge on any atom is 0.307 e. The lowest BCUT2D eigenvalue weighted by atomic mass is 9.97. The molecule has 3 aromatic rings. The SMILES string of the molecule is CNC(=O)c1ccccc1SCC(CC(=O)c1ccc(-c2ccc(Cl)cc2)cc1)C(=O)O. The van der Waals surface area contributed by atoms with E-state index in [4.69, 9.17) is 11.6 Å². The monoisotopic (exact) mass is 467 g/mol. The molecule has 2 N–H and O–H groups in total. The Bertz CT molecular complexity index is 1110. The molecule has 1 unspecified atom stereocenters. The summed E-state index contributed by atoms with van der Waals surface area (Å²) < 4.78 is 0. The number of benzene rings is 3. The second kappa shape index (κ2) is 11.0. The number of ketones is 1. The van der Waals surface area contributed by atoms with Gasteiger partial charge in [0.05, 0.1) is 11.5 Å². The van der Waals surface area contributed by atoms with Gasteiger partial charge < -0.3 is 10.4 Å². The molecule has 0 aromatic heterocycles. The molecule has 0 bridgehead atoms. The second-order valence-electron chi connectivity index (χ2n) is 7.13. The molecule has 7 heteroatoms. The van der Waals surface area contributed by atoms with Crippen molar-refractivity contribution in [1.82, 2.24) is 5.32 Å². The Labute approximate surface area is 195 Å². The van der Waals surface area contributed by atoms with E-state index >= 15 is 0 Å². The van der Waals surface area contributed by atoms with E-state index in [2.05, 4.69) is 5.32 Å². The number of Topliss-reactive ketones (excluding diaryl/α,β-unsaturated/α-hetero) is 1. The van der Waals surface area contributed by atoms with Gasteiger partial charge in [0.25, 0.3) is 5.91 Å². The highest BCUT2D eigenvalue weighted by Crippen LogP contribution is 2.27. The van der Waals surface area contributed by atoms with Gasteiger partial charge in [0.1, 0.15) is 0 Å². The first-order valence-electron chi connectivity index (χ1n) is 9.95. The van der Waals surface area contributed by atoms with E-state index in [1.54, 1.807) is 55.6 Å². The molecule has 3 aromatic carbocycles. The molecule has 5 nitrogen and oxygen atoms in total. The van der Waals surface area contributed by atoms with Crippen LogP contribution in [0.2, 0.25) is 5.02 Å². The number of hydrogen-bond acceptors (Lipinski definition) is 4. The van der Waals surface area contributed by atoms with Crippen LogP contribution in [0.15, 0.2) is 77.7 Å². The lowest BCUT2D eigenvalue weighted by molar-refractivity contribution is -0.140. The number of halogens is 1. The van der Waals surface area contributed by atoms with Gasteiger partial charge in [0, 0.05) is 34.7 Å². The molecule has 0 aliphatic rings. The summed E-state index contributed by atoms with van der Waals surface area (Å²) in [6.45, 7) is 0. The van der Waals surface area contributed by atoms with E-state index in [1.807, 2.05) is 24.3 Å². The maximum absolute atomic E-state index is 12.7. The summed E-state index contributed by atoms with van der Waals surface area (Å²) in [6, 6.07) is 21.5. The van der Waals surface area contributed by atoms with Gasteiger partial charge in [-0.1, -0.05) is 60.1 Å². The molecule has 0 heterocycles. The molecule has 0 spiro atoms. The van der Waals surface area contributed by atoms with Crippen LogP contribution in [0.1, 0.15) is 27.1 Å². The van der Waals surface area contributed by atoms with Crippen LogP contribution in [0.4, 0.5) is 0 Å². The number of thioether (sulfide) groups is 1. The third-order valence-electron chi connectivity index (χ3n) is 4.96. The second-order valence-corrected chi connectivity index (χ2v) is 8.63. The maximum atomic E-state index is 12.7. The molecule has 0 saturated carbocycles. The van der Waals surface area contributed by atoms with E-state index in [1.165, 1.54) is 11.8 Å². The van der Waals surface area contributed by atoms with Crippen LogP contribution in [-0.4, -0.2) is 35.6 Å². The van der Waals surface area contributed by atoms with E-state index in [-0.39, 0.29) is 23.9 Å². The fraction of sp³-hybridized carbons (Fsp3) is 0.160. The van der Waals surface area contributed by atoms with Gasteiger partial charge >= 0.3 is 5.97 Å². The predicted molar refractivity (Wildman–Crippen MR) is 128 cm³/mol. The summed E-state index contributed by atoms with van der Waals surface area (Å²) in [4.78, 5) is 37.2. The van der Waals surface area contributed by atoms with Crippen molar-refractivity contribution in [3.63, 3.8) is 0 Å². The molecule has 0 fully saturated rings. The summed E-state index contributed by atoms with van der Waals surface area (Å²) in [5.41, 5.74) is 2.86. The molecule has 0 aliphatic heterocycles. The van der Waals surface area contributed by atoms with Crippen molar-refractivity contribution in [2.24, 2.45) is 5.92 Å². The van der Waals surface area contributed by atoms with E-state index in [0.717, 1.165) is 11.1 Å². The number of hydrogen-bond donors (Lipinski definition) is 2. The first kappa shape index (κ1) is 23.6. The molecule has 164 valence electrons. The largest absolute Gasteiger partial charge is 0.481 e. The van der Waals surface area contributed by atoms with Crippen molar-refractivity contribution >= 4 is 41.0 Å². The number of aliphatic carboxylic acids is 1. The van der Waals surface area contributed by atoms with Gasteiger partial charge in [-0.3, -0.25) is 14.4 Å². The minimum absolute atomic E-state index is 0.120. The van der Waals surface area contributed by atoms with E-state index in [9.17, 15) is 19.5 Å². The fourth-order valence-corrected chi connectivity index (χ4v) is 4.41. The Balaban J connectivity index is 1.67. The third-order valence-corrected chi connectivity index (χ3v) is 6.45. The minimum atomic E-state index is -1.04. The molecule has 0 aliphatic carbocycles. The molecule has 0 saturated heterocycles. The molecular weight excluding hydrogens is 446 g/mol. The van der Waals surface area contributed by atoms with Crippen molar-refractivity contribution in [3.8, 4) is 11.1 Å². The number of amides is 1. The minimum Gasteiger partial charge on any atom is -0.481 e. The number of carbonyl (C=O) groups excluding carboxylic acids is 2. The summed E-state index contributed by atoms with van der Waals surface area (Å²) in [7, 11) is 1.54. The Morgan fingerprint density at radius 3 is 2.12 bits per heavy atom. The lowest BCUT2D eigenvalue weighted by Crippen LogP contribution is -2.21. The lowest BCUT2D eigenvalue weighted by Gasteiger charge is -2.13. The van der Waals surface area contributed by atoms with Gasteiger partial charge in [0.15, 0.2) is 5.78 Å². The van der Waals surface area contributed by atoms with Crippen LogP contribution in [0.3, 0.4) is 0 Å². The summed E-state index contributed by atoms with van der Waals surface area (Å²) in [5.74, 6) is -2.21. The zero-order chi connectivity index (χ0) is 23.1.